The highest BCUT2D eigenvalue weighted by Crippen LogP contribution is 2.41. The molecule has 0 N–H and O–H groups in total. The largest absolute Gasteiger partial charge is 0.458 e. The van der Waals surface area contributed by atoms with Crippen LogP contribution in [0, 0.1) is 0 Å². The van der Waals surface area contributed by atoms with Crippen LogP contribution in [0.25, 0.3) is 11.1 Å². The third-order valence-corrected chi connectivity index (χ3v) is 11.3. The predicted molar refractivity (Wildman–Crippen MR) is 155 cm³/mol. The topological polar surface area (TPSA) is 12.5 Å². The smallest absolute Gasteiger partial charge is 0.335 e. The van der Waals surface area contributed by atoms with Crippen LogP contribution in [0.1, 0.15) is 0 Å². The molecule has 2 nitrogen and oxygen atoms in total. The van der Waals surface area contributed by atoms with Crippen molar-refractivity contribution in [1.29, 1.82) is 0 Å². The molecule has 0 fully saturated rings. The molecule has 0 aromatic heterocycles. The number of hydrogen-bond acceptors (Lipinski definition) is 2. The number of nitrogens with zero attached hydrogens (tertiary/aromatic N) is 1. The van der Waals surface area contributed by atoms with Gasteiger partial charge in [-0.3, -0.25) is 0 Å². The van der Waals surface area contributed by atoms with E-state index in [4.69, 9.17) is 4.74 Å². The van der Waals surface area contributed by atoms with Gasteiger partial charge < -0.3 is 9.55 Å². The number of fused-ring (bicyclic) bond motifs is 4. The Kier molecular flexibility index (Phi) is 4.73. The molecule has 0 bridgehead atoms. The molecule has 0 amide bonds. The van der Waals surface area contributed by atoms with Crippen LogP contribution in [0.3, 0.4) is 0 Å². The van der Waals surface area contributed by atoms with E-state index in [0.29, 0.717) is 0 Å². The Morgan fingerprint density at radius 1 is 0.583 bits per heavy atom. The van der Waals surface area contributed by atoms with Crippen LogP contribution in [0.15, 0.2) is 121 Å². The number of anilines is 2. The van der Waals surface area contributed by atoms with Crippen molar-refractivity contribution in [2.24, 2.45) is 0 Å². The Hall–Kier alpha value is -4.02. The van der Waals surface area contributed by atoms with Crippen molar-refractivity contribution in [3.05, 3.63) is 121 Å². The lowest BCUT2D eigenvalue weighted by Gasteiger charge is -2.46. The van der Waals surface area contributed by atoms with E-state index in [-0.39, 0.29) is 6.85 Å². The summed E-state index contributed by atoms with van der Waals surface area (Å²) >= 11 is 0. The predicted octanol–water partition coefficient (Wildman–Crippen LogP) is 5.54. The first kappa shape index (κ1) is 21.3. The zero-order chi connectivity index (χ0) is 24.3. The lowest BCUT2D eigenvalue weighted by molar-refractivity contribution is 0.487. The summed E-state index contributed by atoms with van der Waals surface area (Å²) in [6.07, 6.45) is 0. The lowest BCUT2D eigenvalue weighted by atomic mass is 9.47. The van der Waals surface area contributed by atoms with E-state index in [1.165, 1.54) is 43.8 Å². The van der Waals surface area contributed by atoms with Gasteiger partial charge in [0.25, 0.3) is 0 Å². The van der Waals surface area contributed by atoms with Gasteiger partial charge in [-0.25, -0.2) is 0 Å². The Balaban J connectivity index is 1.60. The van der Waals surface area contributed by atoms with Crippen molar-refractivity contribution < 1.29 is 4.74 Å². The minimum Gasteiger partial charge on any atom is -0.458 e. The van der Waals surface area contributed by atoms with Crippen molar-refractivity contribution in [2.75, 3.05) is 4.81 Å². The molecular weight excluding hydrogens is 453 g/mol. The van der Waals surface area contributed by atoms with Gasteiger partial charge in [0.15, 0.2) is 0 Å². The van der Waals surface area contributed by atoms with Crippen molar-refractivity contribution in [2.45, 2.75) is 13.1 Å². The third-order valence-electron chi connectivity index (χ3n) is 7.78. The maximum Gasteiger partial charge on any atom is 0.335 e. The van der Waals surface area contributed by atoms with Gasteiger partial charge in [-0.05, 0) is 45.1 Å². The van der Waals surface area contributed by atoms with E-state index in [9.17, 15) is 0 Å². The van der Waals surface area contributed by atoms with Crippen molar-refractivity contribution in [3.8, 4) is 22.6 Å². The summed E-state index contributed by atoms with van der Waals surface area (Å²) in [5, 5.41) is 2.95. The number of para-hydroxylation sites is 4. The van der Waals surface area contributed by atoms with Gasteiger partial charge in [-0.2, -0.15) is 0 Å². The summed E-state index contributed by atoms with van der Waals surface area (Å²) in [4.78, 5) is 2.60. The number of hydrogen-bond donors (Lipinski definition) is 0. The van der Waals surface area contributed by atoms with Crippen LogP contribution < -0.4 is 30.8 Å². The molecule has 0 unspecified atom stereocenters. The van der Waals surface area contributed by atoms with Gasteiger partial charge in [0.1, 0.15) is 19.6 Å². The summed E-state index contributed by atoms with van der Waals surface area (Å²) in [6.45, 7) is 4.98. The van der Waals surface area contributed by atoms with E-state index in [0.717, 1.165) is 11.5 Å². The highest BCUT2D eigenvalue weighted by molar-refractivity contribution is 7.04. The average Bonchev–Trinajstić information content (AvgIpc) is 2.93. The normalized spacial score (nSPS) is 14.7. The second-order valence-electron chi connectivity index (χ2n) is 10.2. The minimum absolute atomic E-state index is 0.000937. The first-order valence-corrected chi connectivity index (χ1v) is 15.6. The van der Waals surface area contributed by atoms with Gasteiger partial charge in [-0.15, -0.1) is 0 Å². The summed E-state index contributed by atoms with van der Waals surface area (Å²) in [5.41, 5.74) is 7.56. The second-order valence-corrected chi connectivity index (χ2v) is 14.5. The minimum atomic E-state index is -1.96. The van der Waals surface area contributed by atoms with Crippen molar-refractivity contribution in [1.82, 2.24) is 0 Å². The van der Waals surface area contributed by atoms with Gasteiger partial charge in [0.2, 0.25) is 0 Å². The van der Waals surface area contributed by atoms with Gasteiger partial charge in [-0.1, -0.05) is 116 Å². The van der Waals surface area contributed by atoms with Crippen LogP contribution in [-0.4, -0.2) is 14.9 Å². The first-order chi connectivity index (χ1) is 17.6. The molecule has 0 radical (unpaired) electrons. The number of benzene rings is 5. The Morgan fingerprint density at radius 2 is 1.17 bits per heavy atom. The quantitative estimate of drug-likeness (QED) is 0.309. The van der Waals surface area contributed by atoms with Crippen LogP contribution in [0.2, 0.25) is 13.1 Å². The van der Waals surface area contributed by atoms with Crippen LogP contribution in [0.4, 0.5) is 11.4 Å². The molecule has 172 valence electrons. The third kappa shape index (κ3) is 3.04. The fourth-order valence-electron chi connectivity index (χ4n) is 6.07. The highest BCUT2D eigenvalue weighted by atomic mass is 28.3. The molecule has 2 heterocycles. The van der Waals surface area contributed by atoms with Crippen molar-refractivity contribution in [3.63, 3.8) is 0 Å². The molecule has 0 saturated heterocycles. The highest BCUT2D eigenvalue weighted by Gasteiger charge is 2.45. The molecule has 36 heavy (non-hydrogen) atoms. The SMILES string of the molecule is C[Si]1(C)c2ccccc2N(B2c3ccccc3Oc3ccccc32)c2c(-c3ccccc3)cccc21. The van der Waals surface area contributed by atoms with E-state index >= 15 is 0 Å². The Bertz CT molecular complexity index is 1570. The summed E-state index contributed by atoms with van der Waals surface area (Å²) in [6, 6.07) is 43.8. The van der Waals surface area contributed by atoms with Gasteiger partial charge in [0.05, 0.1) is 0 Å². The fourth-order valence-corrected chi connectivity index (χ4v) is 9.07. The lowest BCUT2D eigenvalue weighted by Crippen LogP contribution is -2.66. The monoisotopic (exact) mass is 479 g/mol. The first-order valence-electron chi connectivity index (χ1n) is 12.6. The molecule has 2 aliphatic rings. The van der Waals surface area contributed by atoms with E-state index in [1.807, 2.05) is 0 Å². The maximum atomic E-state index is 6.41. The van der Waals surface area contributed by atoms with Crippen LogP contribution in [0.5, 0.6) is 11.5 Å². The molecule has 5 aromatic rings. The van der Waals surface area contributed by atoms with Crippen LogP contribution >= 0.6 is 0 Å². The second kappa shape index (κ2) is 8.01. The molecule has 2 aliphatic heterocycles. The Morgan fingerprint density at radius 3 is 1.89 bits per heavy atom. The number of ether oxygens (including phenoxy) is 1. The summed E-state index contributed by atoms with van der Waals surface area (Å²) in [7, 11) is -1.96. The molecule has 0 aliphatic carbocycles. The molecule has 0 atom stereocenters. The molecule has 7 rings (SSSR count). The maximum absolute atomic E-state index is 6.41. The van der Waals surface area contributed by atoms with E-state index in [2.05, 4.69) is 139 Å². The zero-order valence-corrected chi connectivity index (χ0v) is 21.5. The fraction of sp³-hybridized carbons (Fsp3) is 0.0625. The van der Waals surface area contributed by atoms with E-state index < -0.39 is 8.07 Å². The Labute approximate surface area is 213 Å². The van der Waals surface area contributed by atoms with E-state index in [1.54, 1.807) is 0 Å². The number of rotatable bonds is 2. The zero-order valence-electron chi connectivity index (χ0n) is 20.5. The summed E-state index contributed by atoms with van der Waals surface area (Å²) < 4.78 is 6.41. The average molecular weight is 479 g/mol. The molecule has 4 heteroatoms. The molecule has 0 saturated carbocycles. The van der Waals surface area contributed by atoms with Gasteiger partial charge >= 0.3 is 6.85 Å². The molecular formula is C32H26BNOSi. The summed E-state index contributed by atoms with van der Waals surface area (Å²) in [5.74, 6) is 1.86. The molecule has 5 aromatic carbocycles. The van der Waals surface area contributed by atoms with Gasteiger partial charge in [0, 0.05) is 16.9 Å². The molecule has 0 spiro atoms. The standard InChI is InChI=1S/C32H26BNOSi/c1-36(2)30-21-11-8-18-27(30)34(32-24(15-12-22-31(32)36)23-13-4-3-5-14-23)33-25-16-6-9-19-28(25)35-29-20-10-7-17-26(29)33/h3-22H,1-2H3. The van der Waals surface area contributed by atoms with Crippen molar-refractivity contribution >= 4 is 47.6 Å². The van der Waals surface area contributed by atoms with Crippen LogP contribution in [-0.2, 0) is 0 Å².